The maximum absolute atomic E-state index is 14.1. The smallest absolute Gasteiger partial charge is 0.251 e. The van der Waals surface area contributed by atoms with E-state index in [0.29, 0.717) is 17.0 Å². The Morgan fingerprint density at radius 3 is 2.55 bits per heavy atom. The molecule has 0 saturated heterocycles. The fraction of sp³-hybridized carbons (Fsp3) is 0.357. The molecule has 1 aliphatic rings. The fourth-order valence-electron chi connectivity index (χ4n) is 4.89. The van der Waals surface area contributed by atoms with Crippen molar-refractivity contribution in [1.29, 1.82) is 0 Å². The Morgan fingerprint density at radius 2 is 1.84 bits per heavy atom. The summed E-state index contributed by atoms with van der Waals surface area (Å²) in [4.78, 5) is 34.8. The Kier molecular flexibility index (Phi) is 7.30. The highest BCUT2D eigenvalue weighted by molar-refractivity contribution is 6.01. The quantitative estimate of drug-likeness (QED) is 0.377. The molecule has 5 rings (SSSR count). The van der Waals surface area contributed by atoms with Gasteiger partial charge in [0.25, 0.3) is 5.91 Å². The SMILES string of the molecule is Cc1ccc(-c2nnn(CC(=O)N(c3cccc(C)c3C)[C@@H](C(=O)NC3CCCC3)c3ccncc3)n2)o1. The molecule has 4 aromatic rings. The number of amides is 2. The van der Waals surface area contributed by atoms with Crippen LogP contribution in [-0.4, -0.2) is 43.0 Å². The zero-order valence-corrected chi connectivity index (χ0v) is 21.8. The monoisotopic (exact) mass is 513 g/mol. The van der Waals surface area contributed by atoms with Crippen LogP contribution < -0.4 is 10.2 Å². The van der Waals surface area contributed by atoms with Crippen LogP contribution in [0.1, 0.15) is 54.2 Å². The molecule has 0 bridgehead atoms. The van der Waals surface area contributed by atoms with Crippen LogP contribution in [0.15, 0.2) is 59.3 Å². The summed E-state index contributed by atoms with van der Waals surface area (Å²) in [5.74, 6) is 0.909. The Labute approximate surface area is 221 Å². The summed E-state index contributed by atoms with van der Waals surface area (Å²) in [5, 5.41) is 15.7. The van der Waals surface area contributed by atoms with Gasteiger partial charge in [0.2, 0.25) is 11.7 Å². The van der Waals surface area contributed by atoms with Gasteiger partial charge in [-0.15, -0.1) is 10.2 Å². The molecule has 1 atom stereocenters. The molecule has 10 heteroatoms. The second kappa shape index (κ2) is 11.0. The zero-order chi connectivity index (χ0) is 26.6. The molecular formula is C28H31N7O3. The first-order chi connectivity index (χ1) is 18.4. The second-order valence-corrected chi connectivity index (χ2v) is 9.71. The van der Waals surface area contributed by atoms with Gasteiger partial charge in [-0.05, 0) is 85.8 Å². The largest absolute Gasteiger partial charge is 0.458 e. The number of hydrogen-bond donors (Lipinski definition) is 1. The van der Waals surface area contributed by atoms with Crippen molar-refractivity contribution in [2.24, 2.45) is 0 Å². The van der Waals surface area contributed by atoms with Crippen molar-refractivity contribution >= 4 is 17.5 Å². The van der Waals surface area contributed by atoms with E-state index in [4.69, 9.17) is 4.42 Å². The van der Waals surface area contributed by atoms with E-state index in [0.717, 1.165) is 42.6 Å². The average molecular weight is 514 g/mol. The molecule has 0 radical (unpaired) electrons. The summed E-state index contributed by atoms with van der Waals surface area (Å²) in [5.41, 5.74) is 3.25. The molecule has 10 nitrogen and oxygen atoms in total. The topological polar surface area (TPSA) is 119 Å². The molecule has 0 spiro atoms. The number of aromatic nitrogens is 5. The number of furan rings is 1. The van der Waals surface area contributed by atoms with Crippen LogP contribution in [0.25, 0.3) is 11.6 Å². The van der Waals surface area contributed by atoms with Crippen LogP contribution in [0.5, 0.6) is 0 Å². The van der Waals surface area contributed by atoms with Crippen molar-refractivity contribution in [1.82, 2.24) is 30.5 Å². The van der Waals surface area contributed by atoms with Gasteiger partial charge >= 0.3 is 0 Å². The van der Waals surface area contributed by atoms with E-state index in [2.05, 4.69) is 25.7 Å². The number of carbonyl (C=O) groups is 2. The molecular weight excluding hydrogens is 482 g/mol. The number of pyridine rings is 1. The third kappa shape index (κ3) is 5.34. The molecule has 2 amide bonds. The van der Waals surface area contributed by atoms with Crippen LogP contribution in [-0.2, 0) is 16.1 Å². The lowest BCUT2D eigenvalue weighted by atomic mass is 10.0. The van der Waals surface area contributed by atoms with E-state index < -0.39 is 6.04 Å². The summed E-state index contributed by atoms with van der Waals surface area (Å²) in [6.07, 6.45) is 7.30. The molecule has 0 unspecified atom stereocenters. The summed E-state index contributed by atoms with van der Waals surface area (Å²) >= 11 is 0. The van der Waals surface area contributed by atoms with E-state index >= 15 is 0 Å². The van der Waals surface area contributed by atoms with Gasteiger partial charge in [-0.2, -0.15) is 4.80 Å². The predicted molar refractivity (Wildman–Crippen MR) is 141 cm³/mol. The second-order valence-electron chi connectivity index (χ2n) is 9.71. The Hall–Kier alpha value is -4.34. The molecule has 1 fully saturated rings. The van der Waals surface area contributed by atoms with Gasteiger partial charge in [0.15, 0.2) is 5.76 Å². The fourth-order valence-corrected chi connectivity index (χ4v) is 4.89. The summed E-state index contributed by atoms with van der Waals surface area (Å²) in [6, 6.07) is 12.0. The summed E-state index contributed by atoms with van der Waals surface area (Å²) in [6.45, 7) is 5.56. The molecule has 3 heterocycles. The number of hydrogen-bond acceptors (Lipinski definition) is 7. The van der Waals surface area contributed by atoms with E-state index in [1.807, 2.05) is 45.0 Å². The molecule has 1 aliphatic carbocycles. The maximum atomic E-state index is 14.1. The van der Waals surface area contributed by atoms with Crippen molar-refractivity contribution in [3.05, 3.63) is 77.3 Å². The Bertz CT molecular complexity index is 1420. The van der Waals surface area contributed by atoms with Crippen LogP contribution in [0.3, 0.4) is 0 Å². The molecule has 1 saturated carbocycles. The number of carbonyl (C=O) groups excluding carboxylic acids is 2. The molecule has 1 aromatic carbocycles. The molecule has 3 aromatic heterocycles. The van der Waals surface area contributed by atoms with Gasteiger partial charge < -0.3 is 9.73 Å². The number of rotatable bonds is 8. The maximum Gasteiger partial charge on any atom is 0.251 e. The standard InChI is InChI=1S/C28H31N7O3/c1-18-7-6-10-23(20(18)3)35(25(36)17-34-32-27(31-33-34)24-12-11-19(2)38-24)26(21-13-15-29-16-14-21)28(37)30-22-8-4-5-9-22/h6-7,10-16,22,26H,4-5,8-9,17H2,1-3H3,(H,30,37)/t26-/m1/s1. The van der Waals surface area contributed by atoms with E-state index in [-0.39, 0.29) is 30.2 Å². The summed E-state index contributed by atoms with van der Waals surface area (Å²) < 4.78 is 5.59. The first-order valence-electron chi connectivity index (χ1n) is 12.8. The minimum atomic E-state index is -0.901. The van der Waals surface area contributed by atoms with Crippen molar-refractivity contribution in [2.75, 3.05) is 4.90 Å². The zero-order valence-electron chi connectivity index (χ0n) is 21.8. The van der Waals surface area contributed by atoms with Gasteiger partial charge in [0, 0.05) is 24.1 Å². The van der Waals surface area contributed by atoms with Gasteiger partial charge in [0.05, 0.1) is 0 Å². The van der Waals surface area contributed by atoms with E-state index in [1.165, 1.54) is 4.80 Å². The molecule has 1 N–H and O–H groups in total. The third-order valence-corrected chi connectivity index (χ3v) is 7.02. The number of nitrogens with zero attached hydrogens (tertiary/aromatic N) is 6. The number of anilines is 1. The van der Waals surface area contributed by atoms with Crippen LogP contribution in [0.4, 0.5) is 5.69 Å². The van der Waals surface area contributed by atoms with Crippen LogP contribution in [0, 0.1) is 20.8 Å². The minimum absolute atomic E-state index is 0.0960. The number of aryl methyl sites for hydroxylation is 2. The van der Waals surface area contributed by atoms with Crippen molar-refractivity contribution in [2.45, 2.75) is 65.1 Å². The van der Waals surface area contributed by atoms with Gasteiger partial charge in [-0.1, -0.05) is 25.0 Å². The van der Waals surface area contributed by atoms with E-state index in [9.17, 15) is 9.59 Å². The van der Waals surface area contributed by atoms with Gasteiger partial charge in [-0.25, -0.2) is 0 Å². The number of tetrazole rings is 1. The first kappa shape index (κ1) is 25.3. The number of nitrogens with one attached hydrogen (secondary N) is 1. The van der Waals surface area contributed by atoms with Crippen molar-refractivity contribution < 1.29 is 14.0 Å². The third-order valence-electron chi connectivity index (χ3n) is 7.02. The van der Waals surface area contributed by atoms with Crippen molar-refractivity contribution in [3.8, 4) is 11.6 Å². The highest BCUT2D eigenvalue weighted by atomic mass is 16.3. The number of benzene rings is 1. The predicted octanol–water partition coefficient (Wildman–Crippen LogP) is 4.09. The van der Waals surface area contributed by atoms with Crippen LogP contribution in [0.2, 0.25) is 0 Å². The highest BCUT2D eigenvalue weighted by Gasteiger charge is 2.35. The van der Waals surface area contributed by atoms with Gasteiger partial charge in [-0.3, -0.25) is 19.5 Å². The lowest BCUT2D eigenvalue weighted by Gasteiger charge is -2.33. The Morgan fingerprint density at radius 1 is 1.08 bits per heavy atom. The first-order valence-corrected chi connectivity index (χ1v) is 12.8. The van der Waals surface area contributed by atoms with Crippen molar-refractivity contribution in [3.63, 3.8) is 0 Å². The molecule has 38 heavy (non-hydrogen) atoms. The minimum Gasteiger partial charge on any atom is -0.458 e. The Balaban J connectivity index is 1.53. The molecule has 196 valence electrons. The lowest BCUT2D eigenvalue weighted by Crippen LogP contribution is -2.47. The van der Waals surface area contributed by atoms with E-state index in [1.54, 1.807) is 35.5 Å². The van der Waals surface area contributed by atoms with Gasteiger partial charge in [0.1, 0.15) is 18.3 Å². The average Bonchev–Trinajstić information content (AvgIpc) is 3.68. The summed E-state index contributed by atoms with van der Waals surface area (Å²) in [7, 11) is 0. The normalized spacial score (nSPS) is 14.4. The lowest BCUT2D eigenvalue weighted by molar-refractivity contribution is -0.127. The molecule has 0 aliphatic heterocycles. The van der Waals surface area contributed by atoms with Crippen LogP contribution >= 0.6 is 0 Å². The highest BCUT2D eigenvalue weighted by Crippen LogP contribution is 2.32.